The maximum absolute atomic E-state index is 12.2. The molecule has 3 rings (SSSR count). The third kappa shape index (κ3) is 4.49. The number of allylic oxidation sites excluding steroid dienone is 4. The summed E-state index contributed by atoms with van der Waals surface area (Å²) in [5, 5.41) is 7.75. The van der Waals surface area contributed by atoms with E-state index >= 15 is 0 Å². The largest absolute Gasteiger partial charge is 0.383 e. The number of sulfonamides is 1. The van der Waals surface area contributed by atoms with Gasteiger partial charge in [0.15, 0.2) is 5.78 Å². The third-order valence-electron chi connectivity index (χ3n) is 5.92. The monoisotopic (exact) mass is 434 g/mol. The van der Waals surface area contributed by atoms with Crippen LogP contribution >= 0.6 is 0 Å². The predicted octanol–water partition coefficient (Wildman–Crippen LogP) is 1.25. The second-order valence-electron chi connectivity index (χ2n) is 7.77. The molecule has 0 saturated heterocycles. The van der Waals surface area contributed by atoms with Gasteiger partial charge < -0.3 is 16.0 Å². The first-order valence-corrected chi connectivity index (χ1v) is 11.9. The Hall–Kier alpha value is -2.46. The zero-order chi connectivity index (χ0) is 22.1. The summed E-state index contributed by atoms with van der Waals surface area (Å²) in [7, 11) is -3.33. The van der Waals surface area contributed by atoms with Crippen molar-refractivity contribution in [2.24, 2.45) is 11.7 Å². The standard InChI is InChI=1S/C20H30N6O3S/c1-3-12-9-13-5-6-16(27)15(13)10-14(12)11-17-25-18(19(21)22)20(23)26(17)8-7-24-30(28,29)4-2/h10,12,24H,3-9,11,23H2,1-2H3,(H3,21,22). The summed E-state index contributed by atoms with van der Waals surface area (Å²) in [6, 6.07) is 0. The molecule has 1 heterocycles. The predicted molar refractivity (Wildman–Crippen MR) is 117 cm³/mol. The SMILES string of the molecule is CCC1CC2=C(C=C1Cc1nc(C(=N)N)c(N)n1CCNS(=O)(=O)CC)C(=O)CC2. The molecule has 30 heavy (non-hydrogen) atoms. The van der Waals surface area contributed by atoms with E-state index in [2.05, 4.69) is 16.6 Å². The molecule has 1 atom stereocenters. The van der Waals surface area contributed by atoms with Crippen molar-refractivity contribution in [1.29, 1.82) is 5.41 Å². The molecular weight excluding hydrogens is 404 g/mol. The Morgan fingerprint density at radius 1 is 1.37 bits per heavy atom. The number of carbonyl (C=O) groups is 1. The number of amidine groups is 1. The number of nitrogens with zero attached hydrogens (tertiary/aromatic N) is 2. The first-order valence-electron chi connectivity index (χ1n) is 10.3. The molecule has 0 spiro atoms. The minimum atomic E-state index is -3.33. The Kier molecular flexibility index (Phi) is 6.47. The highest BCUT2D eigenvalue weighted by atomic mass is 32.2. The summed E-state index contributed by atoms with van der Waals surface area (Å²) < 4.78 is 27.7. The summed E-state index contributed by atoms with van der Waals surface area (Å²) in [4.78, 5) is 16.7. The van der Waals surface area contributed by atoms with Crippen LogP contribution in [0.4, 0.5) is 5.82 Å². The molecule has 0 radical (unpaired) electrons. The smallest absolute Gasteiger partial charge is 0.211 e. The molecule has 2 aliphatic rings. The number of nitrogen functional groups attached to an aromatic ring is 2. The number of hydrogen-bond acceptors (Lipinski definition) is 6. The van der Waals surface area contributed by atoms with E-state index in [1.807, 2.05) is 6.08 Å². The molecule has 9 nitrogen and oxygen atoms in total. The molecule has 0 fully saturated rings. The van der Waals surface area contributed by atoms with Crippen molar-refractivity contribution in [3.05, 3.63) is 34.3 Å². The Labute approximate surface area is 177 Å². The van der Waals surface area contributed by atoms with Gasteiger partial charge in [0.2, 0.25) is 10.0 Å². The molecule has 0 bridgehead atoms. The van der Waals surface area contributed by atoms with E-state index in [4.69, 9.17) is 16.9 Å². The normalized spacial score (nSPS) is 19.2. The zero-order valence-corrected chi connectivity index (χ0v) is 18.3. The van der Waals surface area contributed by atoms with Crippen LogP contribution in [-0.2, 0) is 27.8 Å². The van der Waals surface area contributed by atoms with Crippen LogP contribution in [0.15, 0.2) is 22.8 Å². The zero-order valence-electron chi connectivity index (χ0n) is 17.5. The minimum absolute atomic E-state index is 0.00545. The lowest BCUT2D eigenvalue weighted by Crippen LogP contribution is -2.29. The van der Waals surface area contributed by atoms with Crippen LogP contribution in [-0.4, -0.2) is 41.9 Å². The molecular formula is C20H30N6O3S. The summed E-state index contributed by atoms with van der Waals surface area (Å²) in [5.74, 6) is 1.14. The number of Topliss-reactive ketones (excluding diaryl/α,β-unsaturated/α-hetero) is 1. The number of hydrogen-bond donors (Lipinski definition) is 4. The second kappa shape index (κ2) is 8.73. The molecule has 1 unspecified atom stereocenters. The Morgan fingerprint density at radius 3 is 2.73 bits per heavy atom. The van der Waals surface area contributed by atoms with Gasteiger partial charge in [-0.3, -0.25) is 10.2 Å². The van der Waals surface area contributed by atoms with Crippen molar-refractivity contribution in [2.75, 3.05) is 18.0 Å². The van der Waals surface area contributed by atoms with Crippen LogP contribution in [0, 0.1) is 11.3 Å². The number of anilines is 1. The number of ketones is 1. The van der Waals surface area contributed by atoms with E-state index in [1.54, 1.807) is 11.5 Å². The van der Waals surface area contributed by atoms with Gasteiger partial charge in [0.25, 0.3) is 0 Å². The van der Waals surface area contributed by atoms with Gasteiger partial charge >= 0.3 is 0 Å². The van der Waals surface area contributed by atoms with Gasteiger partial charge in [0.1, 0.15) is 23.2 Å². The molecule has 0 saturated carbocycles. The number of nitrogens with one attached hydrogen (secondary N) is 2. The van der Waals surface area contributed by atoms with Gasteiger partial charge in [-0.15, -0.1) is 0 Å². The number of carbonyl (C=O) groups excluding carboxylic acids is 1. The Bertz CT molecular complexity index is 1040. The quantitative estimate of drug-likeness (QED) is 0.338. The minimum Gasteiger partial charge on any atom is -0.383 e. The van der Waals surface area contributed by atoms with Crippen LogP contribution in [0.25, 0.3) is 0 Å². The molecule has 2 aliphatic carbocycles. The first-order chi connectivity index (χ1) is 14.2. The Morgan fingerprint density at radius 2 is 2.10 bits per heavy atom. The molecule has 0 amide bonds. The van der Waals surface area contributed by atoms with Crippen molar-refractivity contribution < 1.29 is 13.2 Å². The summed E-state index contributed by atoms with van der Waals surface area (Å²) >= 11 is 0. The molecule has 0 aliphatic heterocycles. The number of rotatable bonds is 9. The van der Waals surface area contributed by atoms with Crippen molar-refractivity contribution in [1.82, 2.24) is 14.3 Å². The van der Waals surface area contributed by atoms with Gasteiger partial charge in [0.05, 0.1) is 5.75 Å². The first kappa shape index (κ1) is 22.2. The molecule has 1 aromatic rings. The number of nitrogens with two attached hydrogens (primary N) is 2. The van der Waals surface area contributed by atoms with E-state index in [0.717, 1.165) is 30.4 Å². The van der Waals surface area contributed by atoms with Crippen LogP contribution in [0.1, 0.15) is 51.0 Å². The van der Waals surface area contributed by atoms with Crippen molar-refractivity contribution in [3.63, 3.8) is 0 Å². The molecule has 164 valence electrons. The van der Waals surface area contributed by atoms with Gasteiger partial charge in [-0.05, 0) is 32.1 Å². The highest BCUT2D eigenvalue weighted by Crippen LogP contribution is 2.39. The van der Waals surface area contributed by atoms with E-state index in [1.165, 1.54) is 5.57 Å². The van der Waals surface area contributed by atoms with Gasteiger partial charge in [-0.2, -0.15) is 0 Å². The van der Waals surface area contributed by atoms with E-state index in [0.29, 0.717) is 24.6 Å². The second-order valence-corrected chi connectivity index (χ2v) is 9.87. The lowest BCUT2D eigenvalue weighted by Gasteiger charge is -2.24. The Balaban J connectivity index is 1.90. The van der Waals surface area contributed by atoms with Gasteiger partial charge in [0, 0.05) is 31.5 Å². The van der Waals surface area contributed by atoms with Crippen LogP contribution in [0.2, 0.25) is 0 Å². The molecule has 0 aromatic carbocycles. The highest BCUT2D eigenvalue weighted by molar-refractivity contribution is 7.89. The highest BCUT2D eigenvalue weighted by Gasteiger charge is 2.30. The fraction of sp³-hybridized carbons (Fsp3) is 0.550. The van der Waals surface area contributed by atoms with E-state index < -0.39 is 10.0 Å². The van der Waals surface area contributed by atoms with Crippen molar-refractivity contribution >= 4 is 27.5 Å². The average Bonchev–Trinajstić information content (AvgIpc) is 3.21. The fourth-order valence-corrected chi connectivity index (χ4v) is 4.76. The lowest BCUT2D eigenvalue weighted by atomic mass is 9.81. The number of aromatic nitrogens is 2. The van der Waals surface area contributed by atoms with Crippen LogP contribution < -0.4 is 16.2 Å². The fourth-order valence-electron chi connectivity index (χ4n) is 4.15. The average molecular weight is 435 g/mol. The summed E-state index contributed by atoms with van der Waals surface area (Å²) in [6.45, 7) is 4.13. The van der Waals surface area contributed by atoms with Crippen LogP contribution in [0.3, 0.4) is 0 Å². The third-order valence-corrected chi connectivity index (χ3v) is 7.32. The molecule has 10 heteroatoms. The van der Waals surface area contributed by atoms with Gasteiger partial charge in [-0.25, -0.2) is 18.1 Å². The maximum atomic E-state index is 12.2. The molecule has 6 N–H and O–H groups in total. The summed E-state index contributed by atoms with van der Waals surface area (Å²) in [6.07, 6.45) is 5.74. The van der Waals surface area contributed by atoms with Crippen LogP contribution in [0.5, 0.6) is 0 Å². The topological polar surface area (TPSA) is 157 Å². The van der Waals surface area contributed by atoms with Crippen molar-refractivity contribution in [2.45, 2.75) is 52.5 Å². The maximum Gasteiger partial charge on any atom is 0.211 e. The number of imidazole rings is 1. The summed E-state index contributed by atoms with van der Waals surface area (Å²) in [5.41, 5.74) is 15.2. The lowest BCUT2D eigenvalue weighted by molar-refractivity contribution is -0.114. The van der Waals surface area contributed by atoms with Crippen molar-refractivity contribution in [3.8, 4) is 0 Å². The molecule has 1 aromatic heterocycles. The van der Waals surface area contributed by atoms with E-state index in [-0.39, 0.29) is 42.0 Å². The van der Waals surface area contributed by atoms with Gasteiger partial charge in [-0.1, -0.05) is 24.1 Å². The van der Waals surface area contributed by atoms with E-state index in [9.17, 15) is 13.2 Å².